The zero-order chi connectivity index (χ0) is 19.7. The van der Waals surface area contributed by atoms with Crippen molar-refractivity contribution in [2.75, 3.05) is 13.2 Å². The van der Waals surface area contributed by atoms with Gasteiger partial charge in [-0.25, -0.2) is 0 Å². The van der Waals surface area contributed by atoms with E-state index < -0.39 is 36.4 Å². The lowest BCUT2D eigenvalue weighted by atomic mass is 9.79. The molecular formula is C20H32O6. The van der Waals surface area contributed by atoms with Gasteiger partial charge in [-0.3, -0.25) is 9.59 Å². The largest absolute Gasteiger partial charge is 0.436 e. The topological polar surface area (TPSA) is 71.1 Å². The average molecular weight is 368 g/mol. The Balaban J connectivity index is 2.59. The second kappa shape index (κ2) is 11.1. The number of ether oxygens (including phenoxy) is 4. The van der Waals surface area contributed by atoms with E-state index in [0.29, 0.717) is 26.1 Å². The Morgan fingerprint density at radius 1 is 0.846 bits per heavy atom. The van der Waals surface area contributed by atoms with Crippen molar-refractivity contribution in [3.05, 3.63) is 24.3 Å². The molecule has 0 aromatic carbocycles. The van der Waals surface area contributed by atoms with Crippen molar-refractivity contribution >= 4 is 11.9 Å². The normalized spacial score (nSPS) is 22.2. The fraction of sp³-hybridized carbons (Fsp3) is 0.700. The number of hydrogen-bond acceptors (Lipinski definition) is 6. The van der Waals surface area contributed by atoms with E-state index in [4.69, 9.17) is 18.9 Å². The van der Waals surface area contributed by atoms with E-state index in [1.807, 2.05) is 13.8 Å². The van der Waals surface area contributed by atoms with Gasteiger partial charge >= 0.3 is 11.9 Å². The Hall–Kier alpha value is -1.66. The molecule has 148 valence electrons. The van der Waals surface area contributed by atoms with Crippen LogP contribution in [0.1, 0.15) is 53.4 Å². The fourth-order valence-electron chi connectivity index (χ4n) is 2.78. The van der Waals surface area contributed by atoms with Crippen LogP contribution in [0.2, 0.25) is 0 Å². The molecule has 1 aliphatic rings. The van der Waals surface area contributed by atoms with Crippen molar-refractivity contribution in [3.63, 3.8) is 0 Å². The van der Waals surface area contributed by atoms with Gasteiger partial charge in [0.05, 0.1) is 25.0 Å². The molecule has 0 aliphatic heterocycles. The zero-order valence-electron chi connectivity index (χ0n) is 16.4. The van der Waals surface area contributed by atoms with Crippen LogP contribution in [0, 0.1) is 11.8 Å². The first-order chi connectivity index (χ1) is 12.2. The second-order valence-corrected chi connectivity index (χ2v) is 7.04. The average Bonchev–Trinajstić information content (AvgIpc) is 2.58. The Kier molecular flexibility index (Phi) is 9.59. The quantitative estimate of drug-likeness (QED) is 0.332. The molecule has 0 aromatic heterocycles. The van der Waals surface area contributed by atoms with Crippen LogP contribution in [0.15, 0.2) is 24.3 Å². The number of carbonyl (C=O) groups is 2. The molecule has 4 atom stereocenters. The van der Waals surface area contributed by atoms with Crippen LogP contribution in [0.4, 0.5) is 0 Å². The van der Waals surface area contributed by atoms with Crippen molar-refractivity contribution in [1.29, 1.82) is 0 Å². The lowest BCUT2D eigenvalue weighted by molar-refractivity contribution is -0.192. The molecule has 0 radical (unpaired) electrons. The van der Waals surface area contributed by atoms with Gasteiger partial charge in [0.2, 0.25) is 0 Å². The highest BCUT2D eigenvalue weighted by Crippen LogP contribution is 2.32. The smallest absolute Gasteiger partial charge is 0.312 e. The summed E-state index contributed by atoms with van der Waals surface area (Å²) in [4.78, 5) is 25.0. The molecule has 0 spiro atoms. The highest BCUT2D eigenvalue weighted by molar-refractivity contribution is 5.82. The highest BCUT2D eigenvalue weighted by atomic mass is 16.7. The third-order valence-corrected chi connectivity index (χ3v) is 4.06. The van der Waals surface area contributed by atoms with Crippen LogP contribution >= 0.6 is 0 Å². The van der Waals surface area contributed by atoms with Crippen molar-refractivity contribution < 1.29 is 28.5 Å². The Morgan fingerprint density at radius 3 is 1.50 bits per heavy atom. The van der Waals surface area contributed by atoms with Gasteiger partial charge in [0.25, 0.3) is 0 Å². The molecular weight excluding hydrogens is 336 g/mol. The van der Waals surface area contributed by atoms with Crippen LogP contribution in [0.5, 0.6) is 0 Å². The SMILES string of the molecule is C=C(C)COC(C)OC(=O)C1CCCCC1C(=O)OC(C)OCC(=C)C. The van der Waals surface area contributed by atoms with E-state index in [1.165, 1.54) is 0 Å². The standard InChI is InChI=1S/C20H32O6/c1-13(2)11-23-15(5)25-19(21)17-9-7-8-10-18(17)20(22)26-16(6)24-12-14(3)4/h15-18H,1,3,7-12H2,2,4-6H3. The van der Waals surface area contributed by atoms with Crippen LogP contribution in [0.3, 0.4) is 0 Å². The van der Waals surface area contributed by atoms with E-state index in [9.17, 15) is 9.59 Å². The summed E-state index contributed by atoms with van der Waals surface area (Å²) in [6, 6.07) is 0. The third-order valence-electron chi connectivity index (χ3n) is 4.06. The first-order valence-corrected chi connectivity index (χ1v) is 9.13. The van der Waals surface area contributed by atoms with Crippen molar-refractivity contribution in [2.45, 2.75) is 66.0 Å². The van der Waals surface area contributed by atoms with E-state index >= 15 is 0 Å². The van der Waals surface area contributed by atoms with Gasteiger partial charge in [-0.15, -0.1) is 0 Å². The van der Waals surface area contributed by atoms with E-state index in [2.05, 4.69) is 13.2 Å². The maximum absolute atomic E-state index is 12.5. The minimum atomic E-state index is -0.685. The molecule has 0 bridgehead atoms. The van der Waals surface area contributed by atoms with Gasteiger partial charge in [-0.2, -0.15) is 0 Å². The molecule has 0 saturated heterocycles. The summed E-state index contributed by atoms with van der Waals surface area (Å²) < 4.78 is 21.5. The molecule has 0 N–H and O–H groups in total. The van der Waals surface area contributed by atoms with E-state index in [-0.39, 0.29) is 0 Å². The van der Waals surface area contributed by atoms with Crippen molar-refractivity contribution in [2.24, 2.45) is 11.8 Å². The molecule has 0 heterocycles. The zero-order valence-corrected chi connectivity index (χ0v) is 16.4. The Labute approximate surface area is 156 Å². The fourth-order valence-corrected chi connectivity index (χ4v) is 2.78. The summed E-state index contributed by atoms with van der Waals surface area (Å²) in [7, 11) is 0. The summed E-state index contributed by atoms with van der Waals surface area (Å²) in [6.07, 6.45) is 1.60. The van der Waals surface area contributed by atoms with Gasteiger partial charge in [0, 0.05) is 0 Å². The minimum absolute atomic E-state index is 0.322. The summed E-state index contributed by atoms with van der Waals surface area (Å²) in [5.74, 6) is -1.87. The minimum Gasteiger partial charge on any atom is -0.436 e. The molecule has 0 amide bonds. The highest BCUT2D eigenvalue weighted by Gasteiger charge is 2.39. The molecule has 6 nitrogen and oxygen atoms in total. The Morgan fingerprint density at radius 2 is 1.19 bits per heavy atom. The predicted octanol–water partition coefficient (Wildman–Crippen LogP) is 3.76. The first-order valence-electron chi connectivity index (χ1n) is 9.13. The number of rotatable bonds is 10. The Bertz CT molecular complexity index is 466. The van der Waals surface area contributed by atoms with Gasteiger partial charge in [0.1, 0.15) is 0 Å². The van der Waals surface area contributed by atoms with Gasteiger partial charge < -0.3 is 18.9 Å². The van der Waals surface area contributed by atoms with Gasteiger partial charge in [0.15, 0.2) is 12.6 Å². The summed E-state index contributed by atoms with van der Waals surface area (Å²) in [6.45, 7) is 15.1. The summed E-state index contributed by atoms with van der Waals surface area (Å²) >= 11 is 0. The number of esters is 2. The van der Waals surface area contributed by atoms with Crippen LogP contribution < -0.4 is 0 Å². The lowest BCUT2D eigenvalue weighted by Crippen LogP contribution is -2.38. The first kappa shape index (κ1) is 22.4. The molecule has 26 heavy (non-hydrogen) atoms. The summed E-state index contributed by atoms with van der Waals surface area (Å²) in [5.41, 5.74) is 1.69. The third kappa shape index (κ3) is 8.15. The van der Waals surface area contributed by atoms with E-state index in [1.54, 1.807) is 13.8 Å². The number of hydrogen-bond donors (Lipinski definition) is 0. The van der Waals surface area contributed by atoms with Crippen LogP contribution in [-0.4, -0.2) is 37.7 Å². The van der Waals surface area contributed by atoms with Crippen molar-refractivity contribution in [3.8, 4) is 0 Å². The monoisotopic (exact) mass is 368 g/mol. The number of carbonyl (C=O) groups excluding carboxylic acids is 2. The molecule has 1 saturated carbocycles. The molecule has 1 aliphatic carbocycles. The molecule has 6 heteroatoms. The van der Waals surface area contributed by atoms with Gasteiger partial charge in [-0.1, -0.05) is 37.1 Å². The maximum atomic E-state index is 12.5. The maximum Gasteiger partial charge on any atom is 0.312 e. The van der Waals surface area contributed by atoms with Crippen molar-refractivity contribution in [1.82, 2.24) is 0 Å². The van der Waals surface area contributed by atoms with Crippen LogP contribution in [-0.2, 0) is 28.5 Å². The second-order valence-electron chi connectivity index (χ2n) is 7.04. The molecule has 4 unspecified atom stereocenters. The molecule has 0 aromatic rings. The predicted molar refractivity (Wildman–Crippen MR) is 98.1 cm³/mol. The summed E-state index contributed by atoms with van der Waals surface area (Å²) in [5, 5.41) is 0. The van der Waals surface area contributed by atoms with Gasteiger partial charge in [-0.05, 0) is 40.5 Å². The van der Waals surface area contributed by atoms with E-state index in [0.717, 1.165) is 24.0 Å². The lowest BCUT2D eigenvalue weighted by Gasteiger charge is -2.30. The molecule has 1 rings (SSSR count). The van der Waals surface area contributed by atoms with Crippen LogP contribution in [0.25, 0.3) is 0 Å². The molecule has 1 fully saturated rings.